The Morgan fingerprint density at radius 3 is 2.39 bits per heavy atom. The maximum Gasteiger partial charge on any atom is 0.307 e. The van der Waals surface area contributed by atoms with Gasteiger partial charge >= 0.3 is 5.97 Å². The zero-order valence-corrected chi connectivity index (χ0v) is 15.6. The number of aromatic amines is 1. The Morgan fingerprint density at radius 1 is 0.964 bits per heavy atom. The van der Waals surface area contributed by atoms with Gasteiger partial charge in [0.05, 0.1) is 12.1 Å². The highest BCUT2D eigenvalue weighted by atomic mass is 16.5. The highest BCUT2D eigenvalue weighted by molar-refractivity contribution is 5.94. The van der Waals surface area contributed by atoms with Gasteiger partial charge in [-0.1, -0.05) is 49.4 Å². The Bertz CT molecular complexity index is 1110. The van der Waals surface area contributed by atoms with E-state index < -0.39 is 5.97 Å². The van der Waals surface area contributed by atoms with Crippen molar-refractivity contribution in [2.45, 2.75) is 19.8 Å². The van der Waals surface area contributed by atoms with Gasteiger partial charge in [-0.15, -0.1) is 0 Å². The van der Waals surface area contributed by atoms with E-state index in [1.807, 2.05) is 60.7 Å². The number of hydrogen-bond donors (Lipinski definition) is 2. The van der Waals surface area contributed by atoms with Crippen molar-refractivity contribution in [1.82, 2.24) is 4.98 Å². The summed E-state index contributed by atoms with van der Waals surface area (Å²) >= 11 is 0. The predicted molar refractivity (Wildman–Crippen MR) is 111 cm³/mol. The molecule has 1 aromatic heterocycles. The van der Waals surface area contributed by atoms with E-state index in [0.717, 1.165) is 39.9 Å². The first-order chi connectivity index (χ1) is 13.6. The topological polar surface area (TPSA) is 62.3 Å². The van der Waals surface area contributed by atoms with Crippen molar-refractivity contribution >= 4 is 16.9 Å². The summed E-state index contributed by atoms with van der Waals surface area (Å²) in [6.45, 7) is 2.11. The second kappa shape index (κ2) is 7.61. The third kappa shape index (κ3) is 3.62. The van der Waals surface area contributed by atoms with Crippen LogP contribution in [0.4, 0.5) is 0 Å². The lowest BCUT2D eigenvalue weighted by atomic mass is 10.0. The number of H-pyrrole nitrogens is 1. The van der Waals surface area contributed by atoms with Gasteiger partial charge in [0.15, 0.2) is 0 Å². The van der Waals surface area contributed by atoms with Gasteiger partial charge in [0, 0.05) is 10.9 Å². The van der Waals surface area contributed by atoms with Crippen LogP contribution < -0.4 is 4.74 Å². The SMILES string of the molecule is CCc1ccc(-c2[nH]c3ccc(Oc4ccccc4)cc3c2CC(=O)O)cc1. The minimum atomic E-state index is -0.860. The predicted octanol–water partition coefficient (Wildman–Crippen LogP) is 5.82. The molecule has 1 heterocycles. The molecule has 0 bridgehead atoms. The van der Waals surface area contributed by atoms with Crippen LogP contribution in [0.5, 0.6) is 11.5 Å². The van der Waals surface area contributed by atoms with Crippen LogP contribution in [0.1, 0.15) is 18.1 Å². The maximum atomic E-state index is 11.5. The van der Waals surface area contributed by atoms with Crippen molar-refractivity contribution in [2.75, 3.05) is 0 Å². The van der Waals surface area contributed by atoms with E-state index in [2.05, 4.69) is 24.0 Å². The van der Waals surface area contributed by atoms with Crippen LogP contribution in [0.2, 0.25) is 0 Å². The molecule has 0 atom stereocenters. The van der Waals surface area contributed by atoms with Gasteiger partial charge in [-0.05, 0) is 53.4 Å². The first-order valence-electron chi connectivity index (χ1n) is 9.32. The third-order valence-electron chi connectivity index (χ3n) is 4.84. The summed E-state index contributed by atoms with van der Waals surface area (Å²) in [5, 5.41) is 10.3. The van der Waals surface area contributed by atoms with Crippen molar-refractivity contribution in [3.63, 3.8) is 0 Å². The molecule has 4 nitrogen and oxygen atoms in total. The largest absolute Gasteiger partial charge is 0.481 e. The number of carboxylic acid groups (broad SMARTS) is 1. The Kier molecular flexibility index (Phi) is 4.85. The molecule has 0 unspecified atom stereocenters. The molecule has 0 aliphatic heterocycles. The fourth-order valence-corrected chi connectivity index (χ4v) is 3.40. The minimum Gasteiger partial charge on any atom is -0.481 e. The van der Waals surface area contributed by atoms with Crippen LogP contribution in [0.3, 0.4) is 0 Å². The Morgan fingerprint density at radius 2 is 1.71 bits per heavy atom. The maximum absolute atomic E-state index is 11.5. The molecule has 4 heteroatoms. The molecule has 4 aromatic rings. The molecular weight excluding hydrogens is 350 g/mol. The fourth-order valence-electron chi connectivity index (χ4n) is 3.40. The molecule has 0 aliphatic rings. The summed E-state index contributed by atoms with van der Waals surface area (Å²) < 4.78 is 5.93. The molecule has 0 saturated heterocycles. The molecular formula is C24H21NO3. The zero-order chi connectivity index (χ0) is 19.5. The van der Waals surface area contributed by atoms with Crippen LogP contribution in [0.15, 0.2) is 72.8 Å². The van der Waals surface area contributed by atoms with Crippen LogP contribution >= 0.6 is 0 Å². The molecule has 3 aromatic carbocycles. The number of carboxylic acids is 1. The van der Waals surface area contributed by atoms with Gasteiger partial charge in [0.25, 0.3) is 0 Å². The van der Waals surface area contributed by atoms with Gasteiger partial charge in [-0.2, -0.15) is 0 Å². The standard InChI is InChI=1S/C24H21NO3/c1-2-16-8-10-17(11-9-16)24-21(15-23(26)27)20-14-19(12-13-22(20)25-24)28-18-6-4-3-5-7-18/h3-14,25H,2,15H2,1H3,(H,26,27). The van der Waals surface area contributed by atoms with Gasteiger partial charge in [-0.3, -0.25) is 4.79 Å². The number of nitrogens with one attached hydrogen (secondary N) is 1. The second-order valence-electron chi connectivity index (χ2n) is 6.72. The number of fused-ring (bicyclic) bond motifs is 1. The lowest BCUT2D eigenvalue weighted by Gasteiger charge is -2.06. The highest BCUT2D eigenvalue weighted by Crippen LogP contribution is 2.34. The molecule has 28 heavy (non-hydrogen) atoms. The van der Waals surface area contributed by atoms with Gasteiger partial charge < -0.3 is 14.8 Å². The normalized spacial score (nSPS) is 10.9. The van der Waals surface area contributed by atoms with Crippen molar-refractivity contribution in [2.24, 2.45) is 0 Å². The molecule has 0 amide bonds. The lowest BCUT2D eigenvalue weighted by molar-refractivity contribution is -0.136. The van der Waals surface area contributed by atoms with E-state index in [1.54, 1.807) is 0 Å². The van der Waals surface area contributed by atoms with Crippen molar-refractivity contribution < 1.29 is 14.6 Å². The summed E-state index contributed by atoms with van der Waals surface area (Å²) in [6.07, 6.45) is 0.912. The number of ether oxygens (including phenoxy) is 1. The van der Waals surface area contributed by atoms with Crippen LogP contribution in [-0.2, 0) is 17.6 Å². The Balaban J connectivity index is 1.79. The van der Waals surface area contributed by atoms with E-state index in [0.29, 0.717) is 5.75 Å². The minimum absolute atomic E-state index is 0.0559. The number of para-hydroxylation sites is 1. The number of rotatable bonds is 6. The molecule has 0 radical (unpaired) electrons. The quantitative estimate of drug-likeness (QED) is 0.449. The summed E-state index contributed by atoms with van der Waals surface area (Å²) in [4.78, 5) is 14.9. The third-order valence-corrected chi connectivity index (χ3v) is 4.84. The molecule has 140 valence electrons. The van der Waals surface area contributed by atoms with Crippen molar-refractivity contribution in [3.8, 4) is 22.8 Å². The average molecular weight is 371 g/mol. The summed E-state index contributed by atoms with van der Waals surface area (Å²) in [5.41, 5.74) is 4.74. The highest BCUT2D eigenvalue weighted by Gasteiger charge is 2.17. The van der Waals surface area contributed by atoms with E-state index in [4.69, 9.17) is 4.74 Å². The number of carbonyl (C=O) groups is 1. The molecule has 0 fully saturated rings. The van der Waals surface area contributed by atoms with Crippen molar-refractivity contribution in [3.05, 3.63) is 83.9 Å². The Labute approximate surface area is 163 Å². The molecule has 0 aliphatic carbocycles. The van der Waals surface area contributed by atoms with E-state index in [-0.39, 0.29) is 6.42 Å². The van der Waals surface area contributed by atoms with Gasteiger partial charge in [0.2, 0.25) is 0 Å². The van der Waals surface area contributed by atoms with Gasteiger partial charge in [-0.25, -0.2) is 0 Å². The van der Waals surface area contributed by atoms with Crippen LogP contribution in [0.25, 0.3) is 22.2 Å². The fraction of sp³-hybridized carbons (Fsp3) is 0.125. The molecule has 2 N–H and O–H groups in total. The van der Waals surface area contributed by atoms with Crippen LogP contribution in [-0.4, -0.2) is 16.1 Å². The number of hydrogen-bond acceptors (Lipinski definition) is 2. The monoisotopic (exact) mass is 371 g/mol. The van der Waals surface area contributed by atoms with E-state index >= 15 is 0 Å². The Hall–Kier alpha value is -3.53. The van der Waals surface area contributed by atoms with Crippen molar-refractivity contribution in [1.29, 1.82) is 0 Å². The number of aryl methyl sites for hydroxylation is 1. The number of aliphatic carboxylic acids is 1. The molecule has 0 saturated carbocycles. The number of aromatic nitrogens is 1. The van der Waals surface area contributed by atoms with Crippen LogP contribution in [0, 0.1) is 0 Å². The van der Waals surface area contributed by atoms with E-state index in [1.165, 1.54) is 5.56 Å². The lowest BCUT2D eigenvalue weighted by Crippen LogP contribution is -2.01. The second-order valence-corrected chi connectivity index (χ2v) is 6.72. The number of benzene rings is 3. The summed E-state index contributed by atoms with van der Waals surface area (Å²) in [7, 11) is 0. The first kappa shape index (κ1) is 17.9. The smallest absolute Gasteiger partial charge is 0.307 e. The average Bonchev–Trinajstić information content (AvgIpc) is 3.06. The summed E-state index contributed by atoms with van der Waals surface area (Å²) in [5.74, 6) is 0.562. The summed E-state index contributed by atoms with van der Waals surface area (Å²) in [6, 6.07) is 23.5. The van der Waals surface area contributed by atoms with E-state index in [9.17, 15) is 9.90 Å². The van der Waals surface area contributed by atoms with Gasteiger partial charge in [0.1, 0.15) is 11.5 Å². The molecule has 4 rings (SSSR count). The first-order valence-corrected chi connectivity index (χ1v) is 9.32. The molecule has 0 spiro atoms. The zero-order valence-electron chi connectivity index (χ0n) is 15.6.